The summed E-state index contributed by atoms with van der Waals surface area (Å²) in [5.41, 5.74) is 0. The van der Waals surface area contributed by atoms with Crippen LogP contribution in [-0.4, -0.2) is 28.9 Å². The van der Waals surface area contributed by atoms with Crippen LogP contribution in [-0.2, 0) is 0 Å². The van der Waals surface area contributed by atoms with E-state index in [0.29, 0.717) is 0 Å². The molecule has 68 valence electrons. The second kappa shape index (κ2) is 11.0. The van der Waals surface area contributed by atoms with Crippen molar-refractivity contribution < 1.29 is 0 Å². The van der Waals surface area contributed by atoms with E-state index < -0.39 is 0 Å². The Bertz CT molecular complexity index is 61.1. The van der Waals surface area contributed by atoms with Crippen LogP contribution in [0.3, 0.4) is 0 Å². The van der Waals surface area contributed by atoms with Crippen LogP contribution in [0.15, 0.2) is 0 Å². The SMILES string of the molecule is CCSCCCSCCCCl. The molecule has 0 nitrogen and oxygen atoms in total. The summed E-state index contributed by atoms with van der Waals surface area (Å²) in [6, 6.07) is 0. The molecule has 0 rings (SSSR count). The number of rotatable bonds is 8. The van der Waals surface area contributed by atoms with E-state index in [4.69, 9.17) is 11.6 Å². The average molecular weight is 213 g/mol. The fourth-order valence-electron chi connectivity index (χ4n) is 0.666. The predicted octanol–water partition coefficient (Wildman–Crippen LogP) is 3.49. The Labute approximate surface area is 83.8 Å². The van der Waals surface area contributed by atoms with E-state index in [9.17, 15) is 0 Å². The summed E-state index contributed by atoms with van der Waals surface area (Å²) in [4.78, 5) is 0. The normalized spacial score (nSPS) is 10.4. The van der Waals surface area contributed by atoms with Crippen molar-refractivity contribution in [2.75, 3.05) is 28.9 Å². The van der Waals surface area contributed by atoms with Gasteiger partial charge in [-0.2, -0.15) is 23.5 Å². The molecule has 3 heteroatoms. The van der Waals surface area contributed by atoms with Crippen molar-refractivity contribution in [1.82, 2.24) is 0 Å². The zero-order valence-electron chi connectivity index (χ0n) is 7.14. The van der Waals surface area contributed by atoms with Crippen molar-refractivity contribution in [2.45, 2.75) is 19.8 Å². The number of alkyl halides is 1. The Morgan fingerprint density at radius 1 is 1.00 bits per heavy atom. The quantitative estimate of drug-likeness (QED) is 0.446. The monoisotopic (exact) mass is 212 g/mol. The lowest BCUT2D eigenvalue weighted by molar-refractivity contribution is 1.09. The molecule has 0 saturated carbocycles. The van der Waals surface area contributed by atoms with Gasteiger partial charge in [0.05, 0.1) is 0 Å². The van der Waals surface area contributed by atoms with Crippen molar-refractivity contribution in [3.63, 3.8) is 0 Å². The van der Waals surface area contributed by atoms with Gasteiger partial charge in [0.2, 0.25) is 0 Å². The maximum atomic E-state index is 5.55. The van der Waals surface area contributed by atoms with Gasteiger partial charge in [0, 0.05) is 5.88 Å². The third-order valence-electron chi connectivity index (χ3n) is 1.20. The largest absolute Gasteiger partial charge is 0.162 e. The lowest BCUT2D eigenvalue weighted by Crippen LogP contribution is -1.87. The van der Waals surface area contributed by atoms with Gasteiger partial charge in [0.1, 0.15) is 0 Å². The molecular weight excluding hydrogens is 196 g/mol. The van der Waals surface area contributed by atoms with Crippen molar-refractivity contribution in [3.05, 3.63) is 0 Å². The Morgan fingerprint density at radius 2 is 1.64 bits per heavy atom. The highest BCUT2D eigenvalue weighted by Crippen LogP contribution is 2.08. The van der Waals surface area contributed by atoms with E-state index in [0.717, 1.165) is 12.3 Å². The summed E-state index contributed by atoms with van der Waals surface area (Å²) in [6.07, 6.45) is 2.51. The smallest absolute Gasteiger partial charge is 0.0231 e. The standard InChI is InChI=1S/C8H17ClS2/c1-2-10-7-4-8-11-6-3-5-9/h2-8H2,1H3. The lowest BCUT2D eigenvalue weighted by atomic mass is 10.6. The molecule has 0 saturated heterocycles. The van der Waals surface area contributed by atoms with E-state index in [1.54, 1.807) is 0 Å². The summed E-state index contributed by atoms with van der Waals surface area (Å²) in [5.74, 6) is 5.94. The Kier molecular flexibility index (Phi) is 12.0. The molecule has 0 radical (unpaired) electrons. The van der Waals surface area contributed by atoms with Gasteiger partial charge in [0.15, 0.2) is 0 Å². The molecule has 0 aromatic rings. The molecular formula is C8H17ClS2. The molecule has 0 aliphatic heterocycles. The zero-order chi connectivity index (χ0) is 8.36. The molecule has 0 aliphatic rings. The highest BCUT2D eigenvalue weighted by molar-refractivity contribution is 8.00. The topological polar surface area (TPSA) is 0 Å². The molecule has 0 spiro atoms. The summed E-state index contributed by atoms with van der Waals surface area (Å²) < 4.78 is 0. The van der Waals surface area contributed by atoms with Crippen LogP contribution in [0, 0.1) is 0 Å². The number of thioether (sulfide) groups is 2. The van der Waals surface area contributed by atoms with Gasteiger partial charge in [-0.1, -0.05) is 6.92 Å². The van der Waals surface area contributed by atoms with Crippen LogP contribution in [0.25, 0.3) is 0 Å². The lowest BCUT2D eigenvalue weighted by Gasteiger charge is -1.98. The molecule has 0 amide bonds. The Hall–Kier alpha value is 0.990. The van der Waals surface area contributed by atoms with Gasteiger partial charge < -0.3 is 0 Å². The second-order valence-electron chi connectivity index (χ2n) is 2.21. The average Bonchev–Trinajstić information content (AvgIpc) is 2.03. The molecule has 0 aliphatic carbocycles. The number of hydrogen-bond donors (Lipinski definition) is 0. The minimum Gasteiger partial charge on any atom is -0.162 e. The maximum Gasteiger partial charge on any atom is 0.0231 e. The molecule has 0 bridgehead atoms. The van der Waals surface area contributed by atoms with Crippen LogP contribution >= 0.6 is 35.1 Å². The van der Waals surface area contributed by atoms with Gasteiger partial charge in [-0.3, -0.25) is 0 Å². The predicted molar refractivity (Wildman–Crippen MR) is 60.3 cm³/mol. The fraction of sp³-hybridized carbons (Fsp3) is 1.00. The highest BCUT2D eigenvalue weighted by Gasteiger charge is 1.89. The summed E-state index contributed by atoms with van der Waals surface area (Å²) in [7, 11) is 0. The number of hydrogen-bond acceptors (Lipinski definition) is 2. The molecule has 11 heavy (non-hydrogen) atoms. The van der Waals surface area contributed by atoms with Gasteiger partial charge >= 0.3 is 0 Å². The van der Waals surface area contributed by atoms with Crippen LogP contribution in [0.5, 0.6) is 0 Å². The molecule has 0 aromatic heterocycles. The van der Waals surface area contributed by atoms with Crippen molar-refractivity contribution in [1.29, 1.82) is 0 Å². The Morgan fingerprint density at radius 3 is 2.27 bits per heavy atom. The molecule has 0 heterocycles. The van der Waals surface area contributed by atoms with E-state index in [1.807, 2.05) is 23.5 Å². The van der Waals surface area contributed by atoms with Gasteiger partial charge in [-0.05, 0) is 35.9 Å². The van der Waals surface area contributed by atoms with Crippen LogP contribution in [0.2, 0.25) is 0 Å². The summed E-state index contributed by atoms with van der Waals surface area (Å²) in [5, 5.41) is 0. The molecule has 0 atom stereocenters. The van der Waals surface area contributed by atoms with Crippen LogP contribution in [0.4, 0.5) is 0 Å². The first-order chi connectivity index (χ1) is 5.41. The van der Waals surface area contributed by atoms with Crippen LogP contribution in [0.1, 0.15) is 19.8 Å². The third-order valence-corrected chi connectivity index (χ3v) is 3.61. The van der Waals surface area contributed by atoms with Gasteiger partial charge in [-0.15, -0.1) is 11.6 Å². The first-order valence-corrected chi connectivity index (χ1v) is 6.97. The van der Waals surface area contributed by atoms with Crippen molar-refractivity contribution in [3.8, 4) is 0 Å². The van der Waals surface area contributed by atoms with Gasteiger partial charge in [0.25, 0.3) is 0 Å². The maximum absolute atomic E-state index is 5.55. The summed E-state index contributed by atoms with van der Waals surface area (Å²) >= 11 is 9.61. The van der Waals surface area contributed by atoms with Crippen molar-refractivity contribution in [2.24, 2.45) is 0 Å². The minimum atomic E-state index is 0.816. The highest BCUT2D eigenvalue weighted by atomic mass is 35.5. The molecule has 0 N–H and O–H groups in total. The molecule has 0 unspecified atom stereocenters. The first-order valence-electron chi connectivity index (χ1n) is 4.13. The fourth-order valence-corrected chi connectivity index (χ4v) is 2.68. The zero-order valence-corrected chi connectivity index (χ0v) is 9.53. The van der Waals surface area contributed by atoms with E-state index in [2.05, 4.69) is 6.92 Å². The van der Waals surface area contributed by atoms with E-state index >= 15 is 0 Å². The minimum absolute atomic E-state index is 0.816. The van der Waals surface area contributed by atoms with Crippen LogP contribution < -0.4 is 0 Å². The third kappa shape index (κ3) is 11.0. The van der Waals surface area contributed by atoms with Gasteiger partial charge in [-0.25, -0.2) is 0 Å². The number of halogens is 1. The van der Waals surface area contributed by atoms with Crippen molar-refractivity contribution >= 4 is 35.1 Å². The summed E-state index contributed by atoms with van der Waals surface area (Å²) in [6.45, 7) is 2.21. The second-order valence-corrected chi connectivity index (χ2v) is 5.20. The van der Waals surface area contributed by atoms with E-state index in [1.165, 1.54) is 29.4 Å². The molecule has 0 fully saturated rings. The Balaban J connectivity index is 2.69. The van der Waals surface area contributed by atoms with E-state index in [-0.39, 0.29) is 0 Å². The first kappa shape index (κ1) is 12.0. The molecule has 0 aromatic carbocycles.